The summed E-state index contributed by atoms with van der Waals surface area (Å²) in [7, 11) is 0. The van der Waals surface area contributed by atoms with Crippen LogP contribution >= 0.6 is 0 Å². The van der Waals surface area contributed by atoms with Crippen LogP contribution in [-0.4, -0.2) is 36.2 Å². The van der Waals surface area contributed by atoms with Gasteiger partial charge in [0.15, 0.2) is 0 Å². The lowest BCUT2D eigenvalue weighted by Gasteiger charge is -2.32. The van der Waals surface area contributed by atoms with Crippen LogP contribution in [0.25, 0.3) is 0 Å². The third-order valence-corrected chi connectivity index (χ3v) is 2.63. The van der Waals surface area contributed by atoms with Gasteiger partial charge in [0.05, 0.1) is 0 Å². The number of likely N-dealkylation sites (tertiary alicyclic amines) is 1. The van der Waals surface area contributed by atoms with E-state index in [1.165, 1.54) is 25.0 Å². The summed E-state index contributed by atoms with van der Waals surface area (Å²) in [5.74, 6) is 0.707. The van der Waals surface area contributed by atoms with Gasteiger partial charge in [-0.2, -0.15) is 0 Å². The molecule has 0 bridgehead atoms. The number of nitrogens with zero attached hydrogens (tertiary/aromatic N) is 1. The van der Waals surface area contributed by atoms with E-state index < -0.39 is 0 Å². The summed E-state index contributed by atoms with van der Waals surface area (Å²) in [6, 6.07) is 0. The minimum atomic E-state index is 0.339. The van der Waals surface area contributed by atoms with Crippen molar-refractivity contribution in [3.8, 4) is 0 Å². The molecule has 1 fully saturated rings. The molecule has 0 aromatic rings. The Kier molecular flexibility index (Phi) is 4.46. The van der Waals surface area contributed by atoms with Crippen molar-refractivity contribution in [2.75, 3.05) is 26.2 Å². The third-order valence-electron chi connectivity index (χ3n) is 2.63. The molecule has 0 radical (unpaired) electrons. The fourth-order valence-electron chi connectivity index (χ4n) is 2.09. The molecule has 0 spiro atoms. The molecule has 1 heterocycles. The van der Waals surface area contributed by atoms with Gasteiger partial charge in [-0.15, -0.1) is 0 Å². The number of piperidine rings is 1. The van der Waals surface area contributed by atoms with E-state index in [1.54, 1.807) is 0 Å². The molecule has 1 saturated heterocycles. The van der Waals surface area contributed by atoms with Crippen LogP contribution < -0.4 is 0 Å². The van der Waals surface area contributed by atoms with Crippen LogP contribution in [0.3, 0.4) is 0 Å². The Bertz CT molecular complexity index is 165. The standard InChI is InChI=1S/C11H21NO/c1-10(2)8-12-6-3-4-11(9-12)5-7-13/h11,13H,1,3-9H2,2H3. The highest BCUT2D eigenvalue weighted by molar-refractivity contribution is 4.93. The van der Waals surface area contributed by atoms with E-state index in [0.29, 0.717) is 12.5 Å². The van der Waals surface area contributed by atoms with Crippen molar-refractivity contribution in [2.24, 2.45) is 5.92 Å². The van der Waals surface area contributed by atoms with E-state index >= 15 is 0 Å². The van der Waals surface area contributed by atoms with E-state index in [2.05, 4.69) is 18.4 Å². The lowest BCUT2D eigenvalue weighted by atomic mass is 9.95. The summed E-state index contributed by atoms with van der Waals surface area (Å²) in [4.78, 5) is 2.45. The zero-order chi connectivity index (χ0) is 9.68. The first kappa shape index (κ1) is 10.7. The maximum atomic E-state index is 8.85. The molecule has 0 amide bonds. The predicted molar refractivity (Wildman–Crippen MR) is 55.7 cm³/mol. The normalized spacial score (nSPS) is 24.6. The topological polar surface area (TPSA) is 23.5 Å². The Hall–Kier alpha value is -0.340. The highest BCUT2D eigenvalue weighted by Gasteiger charge is 2.18. The quantitative estimate of drug-likeness (QED) is 0.670. The number of aliphatic hydroxyl groups is 1. The van der Waals surface area contributed by atoms with Gasteiger partial charge in [-0.3, -0.25) is 4.90 Å². The third kappa shape index (κ3) is 3.92. The molecule has 1 unspecified atom stereocenters. The average molecular weight is 183 g/mol. The molecule has 1 rings (SSSR count). The lowest BCUT2D eigenvalue weighted by Crippen LogP contribution is -2.36. The zero-order valence-electron chi connectivity index (χ0n) is 8.63. The lowest BCUT2D eigenvalue weighted by molar-refractivity contribution is 0.157. The monoisotopic (exact) mass is 183 g/mol. The smallest absolute Gasteiger partial charge is 0.0434 e. The van der Waals surface area contributed by atoms with E-state index in [-0.39, 0.29) is 0 Å². The molecule has 76 valence electrons. The number of aliphatic hydroxyl groups excluding tert-OH is 1. The Balaban J connectivity index is 2.28. The average Bonchev–Trinajstić information content (AvgIpc) is 2.04. The molecular weight excluding hydrogens is 162 g/mol. The van der Waals surface area contributed by atoms with Crippen LogP contribution in [-0.2, 0) is 0 Å². The van der Waals surface area contributed by atoms with Crippen LogP contribution in [0.5, 0.6) is 0 Å². The summed E-state index contributed by atoms with van der Waals surface area (Å²) >= 11 is 0. The molecule has 2 heteroatoms. The van der Waals surface area contributed by atoms with Gasteiger partial charge < -0.3 is 5.11 Å². The molecule has 1 aliphatic rings. The molecule has 1 aliphatic heterocycles. The van der Waals surface area contributed by atoms with E-state index in [0.717, 1.165) is 19.5 Å². The second-order valence-electron chi connectivity index (χ2n) is 4.21. The fraction of sp³-hybridized carbons (Fsp3) is 0.818. The number of rotatable bonds is 4. The van der Waals surface area contributed by atoms with Crippen LogP contribution in [0.15, 0.2) is 12.2 Å². The summed E-state index contributed by atoms with van der Waals surface area (Å²) in [6.45, 7) is 9.73. The van der Waals surface area contributed by atoms with Crippen molar-refractivity contribution in [3.05, 3.63) is 12.2 Å². The molecule has 0 aromatic heterocycles. The Morgan fingerprint density at radius 1 is 1.62 bits per heavy atom. The Morgan fingerprint density at radius 3 is 3.00 bits per heavy atom. The van der Waals surface area contributed by atoms with Gasteiger partial charge in [0.25, 0.3) is 0 Å². The molecule has 13 heavy (non-hydrogen) atoms. The van der Waals surface area contributed by atoms with Crippen LogP contribution in [0.1, 0.15) is 26.2 Å². The van der Waals surface area contributed by atoms with Gasteiger partial charge in [-0.1, -0.05) is 12.2 Å². The number of hydrogen-bond acceptors (Lipinski definition) is 2. The molecular formula is C11H21NO. The van der Waals surface area contributed by atoms with Gasteiger partial charge in [0.2, 0.25) is 0 Å². The highest BCUT2D eigenvalue weighted by Crippen LogP contribution is 2.19. The minimum absolute atomic E-state index is 0.339. The minimum Gasteiger partial charge on any atom is -0.396 e. The van der Waals surface area contributed by atoms with Crippen LogP contribution in [0.2, 0.25) is 0 Å². The largest absolute Gasteiger partial charge is 0.396 e. The van der Waals surface area contributed by atoms with Crippen molar-refractivity contribution >= 4 is 0 Å². The highest BCUT2D eigenvalue weighted by atomic mass is 16.3. The molecule has 1 N–H and O–H groups in total. The first-order chi connectivity index (χ1) is 6.22. The maximum Gasteiger partial charge on any atom is 0.0434 e. The molecule has 0 aliphatic carbocycles. The summed E-state index contributed by atoms with van der Waals surface area (Å²) in [5.41, 5.74) is 1.24. The summed E-state index contributed by atoms with van der Waals surface area (Å²) in [5, 5.41) is 8.85. The van der Waals surface area contributed by atoms with Crippen molar-refractivity contribution in [2.45, 2.75) is 26.2 Å². The van der Waals surface area contributed by atoms with Crippen molar-refractivity contribution < 1.29 is 5.11 Å². The summed E-state index contributed by atoms with van der Waals surface area (Å²) < 4.78 is 0. The molecule has 0 saturated carbocycles. The SMILES string of the molecule is C=C(C)CN1CCCC(CCO)C1. The molecule has 0 aromatic carbocycles. The Morgan fingerprint density at radius 2 is 2.38 bits per heavy atom. The van der Waals surface area contributed by atoms with E-state index in [4.69, 9.17) is 5.11 Å². The first-order valence-corrected chi connectivity index (χ1v) is 5.20. The first-order valence-electron chi connectivity index (χ1n) is 5.20. The van der Waals surface area contributed by atoms with Crippen molar-refractivity contribution in [1.82, 2.24) is 4.90 Å². The van der Waals surface area contributed by atoms with Crippen molar-refractivity contribution in [1.29, 1.82) is 0 Å². The second kappa shape index (κ2) is 5.40. The fourth-order valence-corrected chi connectivity index (χ4v) is 2.09. The summed E-state index contributed by atoms with van der Waals surface area (Å²) in [6.07, 6.45) is 3.53. The van der Waals surface area contributed by atoms with Gasteiger partial charge in [0, 0.05) is 19.7 Å². The molecule has 2 nitrogen and oxygen atoms in total. The zero-order valence-corrected chi connectivity index (χ0v) is 8.63. The van der Waals surface area contributed by atoms with Gasteiger partial charge in [-0.25, -0.2) is 0 Å². The molecule has 1 atom stereocenters. The maximum absolute atomic E-state index is 8.85. The van der Waals surface area contributed by atoms with Crippen LogP contribution in [0, 0.1) is 5.92 Å². The van der Waals surface area contributed by atoms with Gasteiger partial charge in [0.1, 0.15) is 0 Å². The predicted octanol–water partition coefficient (Wildman–Crippen LogP) is 1.66. The van der Waals surface area contributed by atoms with Crippen LogP contribution in [0.4, 0.5) is 0 Å². The number of hydrogen-bond donors (Lipinski definition) is 1. The van der Waals surface area contributed by atoms with Gasteiger partial charge >= 0.3 is 0 Å². The van der Waals surface area contributed by atoms with E-state index in [1.807, 2.05) is 0 Å². The van der Waals surface area contributed by atoms with E-state index in [9.17, 15) is 0 Å². The Labute approximate surface area is 81.2 Å². The second-order valence-corrected chi connectivity index (χ2v) is 4.21. The van der Waals surface area contributed by atoms with Crippen molar-refractivity contribution in [3.63, 3.8) is 0 Å². The van der Waals surface area contributed by atoms with Gasteiger partial charge in [-0.05, 0) is 38.6 Å².